The molecule has 0 saturated carbocycles. The van der Waals surface area contributed by atoms with Crippen molar-refractivity contribution in [2.45, 2.75) is 20.1 Å². The molecule has 0 fully saturated rings. The Kier molecular flexibility index (Phi) is 5.11. The van der Waals surface area contributed by atoms with Crippen LogP contribution >= 0.6 is 11.3 Å². The number of nitrogens with one attached hydrogen (secondary N) is 1. The Bertz CT molecular complexity index is 558. The summed E-state index contributed by atoms with van der Waals surface area (Å²) in [4.78, 5) is 5.92. The van der Waals surface area contributed by atoms with Gasteiger partial charge in [-0.15, -0.1) is 11.3 Å². The van der Waals surface area contributed by atoms with Crippen LogP contribution in [-0.4, -0.2) is 26.3 Å². The second-order valence-electron chi connectivity index (χ2n) is 4.54. The van der Waals surface area contributed by atoms with Gasteiger partial charge in [-0.1, -0.05) is 0 Å². The van der Waals surface area contributed by atoms with Gasteiger partial charge in [-0.25, -0.2) is 4.98 Å². The Balaban J connectivity index is 2.36. The average Bonchev–Trinajstić information content (AvgIpc) is 2.83. The molecule has 0 unspecified atom stereocenters. The van der Waals surface area contributed by atoms with Gasteiger partial charge in [0.15, 0.2) is 0 Å². The molecule has 0 amide bonds. The molecule has 0 aliphatic rings. The van der Waals surface area contributed by atoms with Crippen LogP contribution in [0.4, 0.5) is 0 Å². The highest BCUT2D eigenvalue weighted by molar-refractivity contribution is 7.15. The maximum Gasteiger partial charge on any atom is 0.124 e. The third-order valence-corrected chi connectivity index (χ3v) is 4.19. The summed E-state index contributed by atoms with van der Waals surface area (Å²) in [6, 6.07) is 6.14. The van der Waals surface area contributed by atoms with E-state index in [4.69, 9.17) is 14.5 Å². The lowest BCUT2D eigenvalue weighted by Crippen LogP contribution is -2.06. The molecule has 1 heterocycles. The van der Waals surface area contributed by atoms with Crippen LogP contribution in [0.2, 0.25) is 0 Å². The van der Waals surface area contributed by atoms with Crippen molar-refractivity contribution in [3.63, 3.8) is 0 Å². The van der Waals surface area contributed by atoms with Crippen molar-refractivity contribution in [2.24, 2.45) is 0 Å². The van der Waals surface area contributed by atoms with E-state index in [0.717, 1.165) is 34.1 Å². The first kappa shape index (κ1) is 15.0. The highest BCUT2D eigenvalue weighted by atomic mass is 32.1. The molecule has 5 heteroatoms. The van der Waals surface area contributed by atoms with E-state index in [1.807, 2.05) is 26.1 Å². The Morgan fingerprint density at radius 3 is 2.70 bits per heavy atom. The highest BCUT2D eigenvalue weighted by Gasteiger charge is 2.12. The molecule has 1 aromatic heterocycles. The van der Waals surface area contributed by atoms with Crippen molar-refractivity contribution >= 4 is 11.3 Å². The van der Waals surface area contributed by atoms with E-state index in [1.54, 1.807) is 25.6 Å². The minimum absolute atomic E-state index is 0.544. The molecule has 0 aliphatic heterocycles. The summed E-state index contributed by atoms with van der Waals surface area (Å²) in [7, 11) is 5.32. The topological polar surface area (TPSA) is 43.4 Å². The predicted octanol–water partition coefficient (Wildman–Crippen LogP) is 2.99. The molecule has 1 N–H and O–H groups in total. The van der Waals surface area contributed by atoms with Crippen LogP contribution in [0.15, 0.2) is 18.2 Å². The summed E-state index contributed by atoms with van der Waals surface area (Å²) in [5.74, 6) is 0.901. The maximum absolute atomic E-state index is 5.29. The smallest absolute Gasteiger partial charge is 0.124 e. The molecule has 108 valence electrons. The standard InChI is InChI=1S/C15H20N2O2S/c1-10-7-11(5-6-13(10)19-4)15-17-12(9-18-3)14(20-15)8-16-2/h5-7,16H,8-9H2,1-4H3. The summed E-state index contributed by atoms with van der Waals surface area (Å²) in [5.41, 5.74) is 3.24. The van der Waals surface area contributed by atoms with Crippen molar-refractivity contribution in [3.8, 4) is 16.3 Å². The zero-order chi connectivity index (χ0) is 14.5. The van der Waals surface area contributed by atoms with Crippen molar-refractivity contribution in [3.05, 3.63) is 34.3 Å². The number of aromatic nitrogens is 1. The molecule has 1 aromatic carbocycles. The molecule has 0 radical (unpaired) electrons. The van der Waals surface area contributed by atoms with E-state index in [1.165, 1.54) is 4.88 Å². The van der Waals surface area contributed by atoms with E-state index in [2.05, 4.69) is 11.4 Å². The van der Waals surface area contributed by atoms with Gasteiger partial charge in [0.2, 0.25) is 0 Å². The monoisotopic (exact) mass is 292 g/mol. The Hall–Kier alpha value is -1.43. The van der Waals surface area contributed by atoms with Gasteiger partial charge in [0.1, 0.15) is 10.8 Å². The number of benzene rings is 1. The molecule has 0 spiro atoms. The minimum atomic E-state index is 0.544. The van der Waals surface area contributed by atoms with E-state index in [-0.39, 0.29) is 0 Å². The number of hydrogen-bond acceptors (Lipinski definition) is 5. The first-order chi connectivity index (χ1) is 9.69. The number of rotatable bonds is 6. The van der Waals surface area contributed by atoms with Crippen molar-refractivity contribution in [1.82, 2.24) is 10.3 Å². The minimum Gasteiger partial charge on any atom is -0.496 e. The number of thiazole rings is 1. The van der Waals surface area contributed by atoms with E-state index in [0.29, 0.717) is 6.61 Å². The van der Waals surface area contributed by atoms with E-state index in [9.17, 15) is 0 Å². The van der Waals surface area contributed by atoms with Crippen LogP contribution in [0.5, 0.6) is 5.75 Å². The average molecular weight is 292 g/mol. The fourth-order valence-electron chi connectivity index (χ4n) is 2.07. The molecule has 2 rings (SSSR count). The lowest BCUT2D eigenvalue weighted by Gasteiger charge is -2.05. The number of hydrogen-bond donors (Lipinski definition) is 1. The van der Waals surface area contributed by atoms with Gasteiger partial charge in [0.05, 0.1) is 19.4 Å². The molecule has 2 aromatic rings. The molecule has 0 atom stereocenters. The summed E-state index contributed by atoms with van der Waals surface area (Å²) in [6.07, 6.45) is 0. The zero-order valence-corrected chi connectivity index (χ0v) is 13.1. The number of methoxy groups -OCH3 is 2. The van der Waals surface area contributed by atoms with Gasteiger partial charge < -0.3 is 14.8 Å². The predicted molar refractivity (Wildman–Crippen MR) is 82.3 cm³/mol. The van der Waals surface area contributed by atoms with Crippen LogP contribution in [-0.2, 0) is 17.9 Å². The van der Waals surface area contributed by atoms with E-state index < -0.39 is 0 Å². The SMILES string of the molecule is CNCc1sc(-c2ccc(OC)c(C)c2)nc1COC. The highest BCUT2D eigenvalue weighted by Crippen LogP contribution is 2.31. The molecule has 20 heavy (non-hydrogen) atoms. The fourth-order valence-corrected chi connectivity index (χ4v) is 3.14. The Labute approximate surface area is 123 Å². The maximum atomic E-state index is 5.29. The van der Waals surface area contributed by atoms with Crippen molar-refractivity contribution in [2.75, 3.05) is 21.3 Å². The molecule has 0 bridgehead atoms. The Morgan fingerprint density at radius 2 is 2.10 bits per heavy atom. The van der Waals surface area contributed by atoms with Gasteiger partial charge in [0, 0.05) is 24.1 Å². The van der Waals surface area contributed by atoms with Crippen LogP contribution in [0.25, 0.3) is 10.6 Å². The van der Waals surface area contributed by atoms with Gasteiger partial charge in [-0.2, -0.15) is 0 Å². The molecular formula is C15H20N2O2S. The normalized spacial score (nSPS) is 10.8. The first-order valence-corrected chi connectivity index (χ1v) is 7.28. The summed E-state index contributed by atoms with van der Waals surface area (Å²) < 4.78 is 10.5. The zero-order valence-electron chi connectivity index (χ0n) is 12.3. The van der Waals surface area contributed by atoms with Gasteiger partial charge >= 0.3 is 0 Å². The van der Waals surface area contributed by atoms with Crippen LogP contribution in [0, 0.1) is 6.92 Å². The lowest BCUT2D eigenvalue weighted by atomic mass is 10.1. The van der Waals surface area contributed by atoms with Gasteiger partial charge in [-0.05, 0) is 37.7 Å². The Morgan fingerprint density at radius 1 is 1.30 bits per heavy atom. The third-order valence-electron chi connectivity index (χ3n) is 3.04. The molecular weight excluding hydrogens is 272 g/mol. The number of ether oxygens (including phenoxy) is 2. The molecule has 0 aliphatic carbocycles. The van der Waals surface area contributed by atoms with Crippen LogP contribution in [0.3, 0.4) is 0 Å². The van der Waals surface area contributed by atoms with Crippen LogP contribution < -0.4 is 10.1 Å². The quantitative estimate of drug-likeness (QED) is 0.889. The van der Waals surface area contributed by atoms with Gasteiger partial charge in [0.25, 0.3) is 0 Å². The molecule has 4 nitrogen and oxygen atoms in total. The van der Waals surface area contributed by atoms with E-state index >= 15 is 0 Å². The second kappa shape index (κ2) is 6.83. The summed E-state index contributed by atoms with van der Waals surface area (Å²) in [5, 5.41) is 4.19. The number of aryl methyl sites for hydroxylation is 1. The summed E-state index contributed by atoms with van der Waals surface area (Å²) >= 11 is 1.70. The summed E-state index contributed by atoms with van der Waals surface area (Å²) in [6.45, 7) is 3.40. The molecule has 0 saturated heterocycles. The third kappa shape index (κ3) is 3.17. The largest absolute Gasteiger partial charge is 0.496 e. The van der Waals surface area contributed by atoms with Crippen LogP contribution in [0.1, 0.15) is 16.1 Å². The first-order valence-electron chi connectivity index (χ1n) is 6.46. The lowest BCUT2D eigenvalue weighted by molar-refractivity contribution is 0.181. The van der Waals surface area contributed by atoms with Crippen molar-refractivity contribution < 1.29 is 9.47 Å². The van der Waals surface area contributed by atoms with Crippen molar-refractivity contribution in [1.29, 1.82) is 0 Å². The van der Waals surface area contributed by atoms with Gasteiger partial charge in [-0.3, -0.25) is 0 Å². The second-order valence-corrected chi connectivity index (χ2v) is 5.62. The fraction of sp³-hybridized carbons (Fsp3) is 0.400. The number of nitrogens with zero attached hydrogens (tertiary/aromatic N) is 1.